The summed E-state index contributed by atoms with van der Waals surface area (Å²) in [6.07, 6.45) is 1.52. The van der Waals surface area contributed by atoms with Crippen LogP contribution in [0, 0.1) is 0 Å². The van der Waals surface area contributed by atoms with Crippen LogP contribution in [0.4, 0.5) is 0 Å². The van der Waals surface area contributed by atoms with E-state index in [2.05, 4.69) is 24.0 Å². The molecule has 0 unspecified atom stereocenters. The van der Waals surface area contributed by atoms with Crippen LogP contribution in [0.3, 0.4) is 0 Å². The number of hydrogen-bond acceptors (Lipinski definition) is 2. The summed E-state index contributed by atoms with van der Waals surface area (Å²) in [5.74, 6) is 0.0986. The first-order valence-corrected chi connectivity index (χ1v) is 5.67. The molecule has 0 radical (unpaired) electrons. The van der Waals surface area contributed by atoms with E-state index in [1.165, 1.54) is 5.56 Å². The number of ketones is 1. The average Bonchev–Trinajstić information content (AvgIpc) is 2.36. The number of rotatable bonds is 3. The van der Waals surface area contributed by atoms with Crippen molar-refractivity contribution in [2.45, 2.75) is 26.7 Å². The SMILES string of the molecule is CCC(=O)c1ccc2cc(CC)ccc2n1. The number of aryl methyl sites for hydroxylation is 1. The van der Waals surface area contributed by atoms with Gasteiger partial charge in [0.2, 0.25) is 0 Å². The fourth-order valence-electron chi connectivity index (χ4n) is 1.73. The number of nitrogens with zero attached hydrogens (tertiary/aromatic N) is 1. The molecular formula is C14H15NO. The molecular weight excluding hydrogens is 198 g/mol. The van der Waals surface area contributed by atoms with Crippen LogP contribution >= 0.6 is 0 Å². The number of pyridine rings is 1. The second-order valence-corrected chi connectivity index (χ2v) is 3.85. The van der Waals surface area contributed by atoms with Gasteiger partial charge in [0, 0.05) is 11.8 Å². The molecule has 82 valence electrons. The van der Waals surface area contributed by atoms with Crippen LogP contribution < -0.4 is 0 Å². The van der Waals surface area contributed by atoms with Crippen LogP contribution in [0.2, 0.25) is 0 Å². The molecule has 1 aromatic carbocycles. The van der Waals surface area contributed by atoms with Crippen molar-refractivity contribution in [1.29, 1.82) is 0 Å². The molecule has 2 aromatic rings. The minimum Gasteiger partial charge on any atom is -0.292 e. The Balaban J connectivity index is 2.51. The molecule has 0 saturated heterocycles. The van der Waals surface area contributed by atoms with E-state index in [9.17, 15) is 4.79 Å². The lowest BCUT2D eigenvalue weighted by Crippen LogP contribution is -2.00. The zero-order chi connectivity index (χ0) is 11.5. The first kappa shape index (κ1) is 10.8. The van der Waals surface area contributed by atoms with Crippen molar-refractivity contribution in [1.82, 2.24) is 4.98 Å². The van der Waals surface area contributed by atoms with Crippen molar-refractivity contribution in [2.75, 3.05) is 0 Å². The molecule has 0 atom stereocenters. The molecule has 0 N–H and O–H groups in total. The zero-order valence-electron chi connectivity index (χ0n) is 9.66. The smallest absolute Gasteiger partial charge is 0.180 e. The van der Waals surface area contributed by atoms with Crippen molar-refractivity contribution < 1.29 is 4.79 Å². The molecule has 0 aliphatic carbocycles. The number of benzene rings is 1. The number of aromatic nitrogens is 1. The second-order valence-electron chi connectivity index (χ2n) is 3.85. The van der Waals surface area contributed by atoms with Gasteiger partial charge in [-0.15, -0.1) is 0 Å². The summed E-state index contributed by atoms with van der Waals surface area (Å²) in [5.41, 5.74) is 2.76. The Morgan fingerprint density at radius 3 is 2.69 bits per heavy atom. The molecule has 0 aliphatic heterocycles. The second kappa shape index (κ2) is 4.44. The van der Waals surface area contributed by atoms with Crippen LogP contribution in [-0.2, 0) is 6.42 Å². The molecule has 0 aliphatic rings. The first-order valence-electron chi connectivity index (χ1n) is 5.67. The molecule has 0 saturated carbocycles. The molecule has 2 heteroatoms. The monoisotopic (exact) mass is 213 g/mol. The number of fused-ring (bicyclic) bond motifs is 1. The van der Waals surface area contributed by atoms with Crippen LogP contribution in [-0.4, -0.2) is 10.8 Å². The number of Topliss-reactive ketones (excluding diaryl/α,β-unsaturated/α-hetero) is 1. The first-order chi connectivity index (χ1) is 7.74. The lowest BCUT2D eigenvalue weighted by Gasteiger charge is -2.03. The van der Waals surface area contributed by atoms with E-state index >= 15 is 0 Å². The highest BCUT2D eigenvalue weighted by Gasteiger charge is 2.05. The molecule has 2 nitrogen and oxygen atoms in total. The van der Waals surface area contributed by atoms with Gasteiger partial charge in [0.15, 0.2) is 5.78 Å². The van der Waals surface area contributed by atoms with Crippen LogP contribution in [0.25, 0.3) is 10.9 Å². The highest BCUT2D eigenvalue weighted by atomic mass is 16.1. The normalized spacial score (nSPS) is 10.6. The summed E-state index contributed by atoms with van der Waals surface area (Å²) in [4.78, 5) is 15.9. The van der Waals surface area contributed by atoms with E-state index < -0.39 is 0 Å². The summed E-state index contributed by atoms with van der Waals surface area (Å²) in [6.45, 7) is 3.98. The Labute approximate surface area is 95.3 Å². The Bertz CT molecular complexity index is 531. The minimum atomic E-state index is 0.0986. The Morgan fingerprint density at radius 2 is 2.00 bits per heavy atom. The molecule has 0 fully saturated rings. The Hall–Kier alpha value is -1.70. The largest absolute Gasteiger partial charge is 0.292 e. The van der Waals surface area contributed by atoms with Gasteiger partial charge in [-0.25, -0.2) is 4.98 Å². The van der Waals surface area contributed by atoms with Gasteiger partial charge in [-0.3, -0.25) is 4.79 Å². The molecule has 0 spiro atoms. The third-order valence-electron chi connectivity index (χ3n) is 2.77. The van der Waals surface area contributed by atoms with Gasteiger partial charge in [-0.2, -0.15) is 0 Å². The molecule has 0 bridgehead atoms. The Morgan fingerprint density at radius 1 is 1.19 bits per heavy atom. The fourth-order valence-corrected chi connectivity index (χ4v) is 1.73. The third kappa shape index (κ3) is 1.96. The van der Waals surface area contributed by atoms with Gasteiger partial charge in [0.25, 0.3) is 0 Å². The van der Waals surface area contributed by atoms with Crippen LogP contribution in [0.15, 0.2) is 30.3 Å². The molecule has 1 heterocycles. The van der Waals surface area contributed by atoms with Gasteiger partial charge >= 0.3 is 0 Å². The predicted octanol–water partition coefficient (Wildman–Crippen LogP) is 3.39. The van der Waals surface area contributed by atoms with E-state index in [0.29, 0.717) is 12.1 Å². The van der Waals surface area contributed by atoms with Gasteiger partial charge in [0.05, 0.1) is 5.52 Å². The van der Waals surface area contributed by atoms with Crippen LogP contribution in [0.1, 0.15) is 36.3 Å². The average molecular weight is 213 g/mol. The lowest BCUT2D eigenvalue weighted by atomic mass is 10.1. The van der Waals surface area contributed by atoms with Gasteiger partial charge in [-0.1, -0.05) is 26.0 Å². The van der Waals surface area contributed by atoms with Gasteiger partial charge in [-0.05, 0) is 30.2 Å². The van der Waals surface area contributed by atoms with E-state index in [4.69, 9.17) is 0 Å². The van der Waals surface area contributed by atoms with E-state index in [-0.39, 0.29) is 5.78 Å². The van der Waals surface area contributed by atoms with Gasteiger partial charge in [0.1, 0.15) is 5.69 Å². The maximum absolute atomic E-state index is 11.5. The maximum atomic E-state index is 11.5. The van der Waals surface area contributed by atoms with E-state index in [1.54, 1.807) is 0 Å². The highest BCUT2D eigenvalue weighted by molar-refractivity contribution is 5.96. The summed E-state index contributed by atoms with van der Waals surface area (Å²) < 4.78 is 0. The highest BCUT2D eigenvalue weighted by Crippen LogP contribution is 2.16. The van der Waals surface area contributed by atoms with Crippen molar-refractivity contribution in [3.8, 4) is 0 Å². The van der Waals surface area contributed by atoms with E-state index in [1.807, 2.05) is 25.1 Å². The summed E-state index contributed by atoms with van der Waals surface area (Å²) in [5, 5.41) is 1.10. The summed E-state index contributed by atoms with van der Waals surface area (Å²) in [7, 11) is 0. The van der Waals surface area contributed by atoms with Crippen molar-refractivity contribution in [2.24, 2.45) is 0 Å². The fraction of sp³-hybridized carbons (Fsp3) is 0.286. The number of carbonyl (C=O) groups is 1. The Kier molecular flexibility index (Phi) is 3.00. The zero-order valence-corrected chi connectivity index (χ0v) is 9.66. The van der Waals surface area contributed by atoms with E-state index in [0.717, 1.165) is 17.3 Å². The molecule has 0 amide bonds. The maximum Gasteiger partial charge on any atom is 0.180 e. The van der Waals surface area contributed by atoms with Crippen molar-refractivity contribution in [3.63, 3.8) is 0 Å². The minimum absolute atomic E-state index is 0.0986. The van der Waals surface area contributed by atoms with Crippen molar-refractivity contribution >= 4 is 16.7 Å². The van der Waals surface area contributed by atoms with Crippen LogP contribution in [0.5, 0.6) is 0 Å². The molecule has 1 aromatic heterocycles. The standard InChI is InChI=1S/C14H15NO/c1-3-10-5-7-12-11(9-10)6-8-13(15-12)14(16)4-2/h5-9H,3-4H2,1-2H3. The molecule has 2 rings (SSSR count). The van der Waals surface area contributed by atoms with Gasteiger partial charge < -0.3 is 0 Å². The number of carbonyl (C=O) groups excluding carboxylic acids is 1. The lowest BCUT2D eigenvalue weighted by molar-refractivity contribution is 0.0984. The summed E-state index contributed by atoms with van der Waals surface area (Å²) in [6, 6.07) is 9.97. The predicted molar refractivity (Wildman–Crippen MR) is 65.7 cm³/mol. The number of hydrogen-bond donors (Lipinski definition) is 0. The molecule has 16 heavy (non-hydrogen) atoms. The summed E-state index contributed by atoms with van der Waals surface area (Å²) >= 11 is 0. The topological polar surface area (TPSA) is 30.0 Å². The third-order valence-corrected chi connectivity index (χ3v) is 2.77. The quantitative estimate of drug-likeness (QED) is 0.731. The van der Waals surface area contributed by atoms with Crippen molar-refractivity contribution in [3.05, 3.63) is 41.6 Å².